The summed E-state index contributed by atoms with van der Waals surface area (Å²) in [6.45, 7) is 3.48. The Morgan fingerprint density at radius 1 is 1.53 bits per heavy atom. The molecule has 0 bridgehead atoms. The maximum atomic E-state index is 11.2. The lowest BCUT2D eigenvalue weighted by Gasteiger charge is -2.12. The van der Waals surface area contributed by atoms with Crippen molar-refractivity contribution in [3.8, 4) is 0 Å². The van der Waals surface area contributed by atoms with E-state index in [-0.39, 0.29) is 12.5 Å². The van der Waals surface area contributed by atoms with E-state index in [0.29, 0.717) is 5.56 Å². The van der Waals surface area contributed by atoms with Crippen molar-refractivity contribution in [3.63, 3.8) is 0 Å². The van der Waals surface area contributed by atoms with E-state index in [9.17, 15) is 9.90 Å². The molecule has 0 aromatic carbocycles. The molecule has 2 heterocycles. The van der Waals surface area contributed by atoms with E-state index in [0.717, 1.165) is 5.69 Å². The molecule has 0 saturated carbocycles. The highest BCUT2D eigenvalue weighted by molar-refractivity contribution is 5.92. The Morgan fingerprint density at radius 2 is 2.21 bits per heavy atom. The van der Waals surface area contributed by atoms with Crippen LogP contribution in [0.4, 0.5) is 0 Å². The molecule has 2 rings (SSSR count). The highest BCUT2D eigenvalue weighted by Gasteiger charge is 2.46. The Morgan fingerprint density at radius 3 is 2.74 bits per heavy atom. The number of rotatable bonds is 3. The van der Waals surface area contributed by atoms with Crippen LogP contribution in [0.5, 0.6) is 0 Å². The number of carbonyl (C=O) groups is 1. The summed E-state index contributed by atoms with van der Waals surface area (Å²) >= 11 is 0. The minimum absolute atomic E-state index is 0.191. The fourth-order valence-corrected chi connectivity index (χ4v) is 2.37. The number of aryl methyl sites for hydroxylation is 1. The molecule has 4 N–H and O–H groups in total. The lowest BCUT2D eigenvalue weighted by Crippen LogP contribution is -2.46. The van der Waals surface area contributed by atoms with Gasteiger partial charge in [0, 0.05) is 13.0 Å². The fraction of sp³-hybridized carbons (Fsp3) is 0.538. The van der Waals surface area contributed by atoms with Crippen molar-refractivity contribution in [3.05, 3.63) is 29.6 Å². The van der Waals surface area contributed by atoms with Crippen molar-refractivity contribution in [1.29, 1.82) is 0 Å². The SMILES string of the molecule is Cc1ccc(C(N)=O)c[n+]1[C@@H]1O[C@H](CO)[C@@H](O)[C@@H]1C. The molecule has 1 fully saturated rings. The summed E-state index contributed by atoms with van der Waals surface area (Å²) in [5, 5.41) is 19.1. The summed E-state index contributed by atoms with van der Waals surface area (Å²) in [4.78, 5) is 11.2. The molecule has 1 aromatic heterocycles. The van der Waals surface area contributed by atoms with E-state index >= 15 is 0 Å². The summed E-state index contributed by atoms with van der Waals surface area (Å²) in [6.07, 6.45) is -0.152. The molecule has 19 heavy (non-hydrogen) atoms. The number of aliphatic hydroxyl groups is 2. The molecule has 1 aliphatic rings. The van der Waals surface area contributed by atoms with Gasteiger partial charge in [0.25, 0.3) is 12.1 Å². The zero-order chi connectivity index (χ0) is 14.2. The van der Waals surface area contributed by atoms with Crippen LogP contribution in [0.1, 0.15) is 29.2 Å². The first-order valence-electron chi connectivity index (χ1n) is 6.21. The Bertz CT molecular complexity index is 492. The smallest absolute Gasteiger partial charge is 0.268 e. The molecule has 0 spiro atoms. The maximum Gasteiger partial charge on any atom is 0.268 e. The quantitative estimate of drug-likeness (QED) is 0.629. The van der Waals surface area contributed by atoms with Gasteiger partial charge in [-0.1, -0.05) is 6.92 Å². The van der Waals surface area contributed by atoms with E-state index < -0.39 is 24.3 Å². The highest BCUT2D eigenvalue weighted by Crippen LogP contribution is 2.31. The van der Waals surface area contributed by atoms with E-state index in [1.165, 1.54) is 0 Å². The second-order valence-electron chi connectivity index (χ2n) is 4.93. The molecule has 1 aliphatic heterocycles. The van der Waals surface area contributed by atoms with Crippen LogP contribution in [-0.2, 0) is 4.74 Å². The lowest BCUT2D eigenvalue weighted by molar-refractivity contribution is -0.770. The lowest BCUT2D eigenvalue weighted by atomic mass is 10.0. The van der Waals surface area contributed by atoms with Gasteiger partial charge in [-0.25, -0.2) is 0 Å². The van der Waals surface area contributed by atoms with E-state index in [1.807, 2.05) is 13.8 Å². The third kappa shape index (κ3) is 2.47. The molecule has 1 saturated heterocycles. The number of hydrogen-bond donors (Lipinski definition) is 3. The normalized spacial score (nSPS) is 30.5. The Balaban J connectivity index is 2.36. The van der Waals surface area contributed by atoms with Crippen LogP contribution in [0.25, 0.3) is 0 Å². The van der Waals surface area contributed by atoms with Crippen LogP contribution in [0.15, 0.2) is 18.3 Å². The van der Waals surface area contributed by atoms with Gasteiger partial charge >= 0.3 is 0 Å². The average molecular weight is 267 g/mol. The monoisotopic (exact) mass is 267 g/mol. The molecule has 0 aliphatic carbocycles. The third-order valence-corrected chi connectivity index (χ3v) is 3.61. The van der Waals surface area contributed by atoms with Crippen LogP contribution in [0.2, 0.25) is 0 Å². The zero-order valence-corrected chi connectivity index (χ0v) is 11.0. The van der Waals surface area contributed by atoms with Crippen LogP contribution in [0.3, 0.4) is 0 Å². The molecular weight excluding hydrogens is 248 g/mol. The first-order valence-corrected chi connectivity index (χ1v) is 6.21. The van der Waals surface area contributed by atoms with Gasteiger partial charge < -0.3 is 20.7 Å². The molecule has 104 valence electrons. The van der Waals surface area contributed by atoms with Crippen LogP contribution in [0, 0.1) is 12.8 Å². The minimum Gasteiger partial charge on any atom is -0.394 e. The largest absolute Gasteiger partial charge is 0.394 e. The van der Waals surface area contributed by atoms with Gasteiger partial charge in [-0.15, -0.1) is 0 Å². The van der Waals surface area contributed by atoms with Gasteiger partial charge in [-0.3, -0.25) is 4.79 Å². The standard InChI is InChI=1S/C13H18N2O4/c1-7-3-4-9(12(14)18)5-15(7)13-8(2)11(17)10(6-16)19-13/h3-5,8,10-11,13,16-17H,6H2,1-2H3,(H-,14,18)/p+1/t8-,10+,11-,13+/m0/s1. The fourth-order valence-electron chi connectivity index (χ4n) is 2.37. The number of ether oxygens (including phenoxy) is 1. The van der Waals surface area contributed by atoms with Crippen LogP contribution < -0.4 is 10.3 Å². The van der Waals surface area contributed by atoms with Crippen molar-refractivity contribution in [2.24, 2.45) is 11.7 Å². The van der Waals surface area contributed by atoms with Gasteiger partial charge in [0.1, 0.15) is 11.7 Å². The molecule has 6 nitrogen and oxygen atoms in total. The number of aromatic nitrogens is 1. The molecular formula is C13H19N2O4+. The summed E-state index contributed by atoms with van der Waals surface area (Å²) < 4.78 is 7.42. The van der Waals surface area contributed by atoms with Gasteiger partial charge in [0.15, 0.2) is 11.9 Å². The van der Waals surface area contributed by atoms with E-state index in [4.69, 9.17) is 15.6 Å². The average Bonchev–Trinajstić information content (AvgIpc) is 2.66. The maximum absolute atomic E-state index is 11.2. The van der Waals surface area contributed by atoms with E-state index in [1.54, 1.807) is 22.9 Å². The number of pyridine rings is 1. The Kier molecular flexibility index (Phi) is 3.84. The van der Waals surface area contributed by atoms with Crippen LogP contribution in [-0.4, -0.2) is 34.9 Å². The van der Waals surface area contributed by atoms with Crippen molar-refractivity contribution in [2.75, 3.05) is 6.61 Å². The predicted octanol–water partition coefficient (Wildman–Crippen LogP) is -0.732. The number of aliphatic hydroxyl groups excluding tert-OH is 2. The second kappa shape index (κ2) is 5.24. The van der Waals surface area contributed by atoms with Gasteiger partial charge in [0.2, 0.25) is 0 Å². The zero-order valence-electron chi connectivity index (χ0n) is 11.0. The van der Waals surface area contributed by atoms with Crippen LogP contribution >= 0.6 is 0 Å². The molecule has 6 heteroatoms. The summed E-state index contributed by atoms with van der Waals surface area (Å²) in [7, 11) is 0. The number of nitrogens with zero attached hydrogens (tertiary/aromatic N) is 1. The van der Waals surface area contributed by atoms with Crippen molar-refractivity contribution < 1.29 is 24.3 Å². The molecule has 0 unspecified atom stereocenters. The summed E-state index contributed by atoms with van der Waals surface area (Å²) in [5.41, 5.74) is 6.52. The van der Waals surface area contributed by atoms with Crippen molar-refractivity contribution >= 4 is 5.91 Å². The molecule has 1 amide bonds. The molecule has 0 radical (unpaired) electrons. The third-order valence-electron chi connectivity index (χ3n) is 3.61. The number of amides is 1. The molecule has 1 aromatic rings. The van der Waals surface area contributed by atoms with Gasteiger partial charge in [-0.05, 0) is 6.07 Å². The summed E-state index contributed by atoms with van der Waals surface area (Å²) in [6, 6.07) is 3.42. The second-order valence-corrected chi connectivity index (χ2v) is 4.93. The van der Waals surface area contributed by atoms with E-state index in [2.05, 4.69) is 0 Å². The van der Waals surface area contributed by atoms with Gasteiger partial charge in [-0.2, -0.15) is 4.57 Å². The first-order chi connectivity index (χ1) is 8.95. The first kappa shape index (κ1) is 13.9. The number of primary amides is 1. The van der Waals surface area contributed by atoms with Crippen molar-refractivity contribution in [2.45, 2.75) is 32.3 Å². The predicted molar refractivity (Wildman–Crippen MR) is 66.1 cm³/mol. The topological polar surface area (TPSA) is 96.7 Å². The summed E-state index contributed by atoms with van der Waals surface area (Å²) in [5.74, 6) is -0.706. The van der Waals surface area contributed by atoms with Gasteiger partial charge in [0.05, 0.1) is 18.6 Å². The number of carbonyl (C=O) groups excluding carboxylic acids is 1. The van der Waals surface area contributed by atoms with Crippen molar-refractivity contribution in [1.82, 2.24) is 0 Å². The minimum atomic E-state index is -0.737. The highest BCUT2D eigenvalue weighted by atomic mass is 16.5. The Hall–Kier alpha value is -1.50. The number of hydrogen-bond acceptors (Lipinski definition) is 4. The molecule has 4 atom stereocenters. The number of nitrogens with two attached hydrogens (primary N) is 1. The Labute approximate surface area is 111 Å².